The normalized spacial score (nSPS) is 20.3. The summed E-state index contributed by atoms with van der Waals surface area (Å²) in [7, 11) is 0. The molecule has 0 aromatic heterocycles. The van der Waals surface area contributed by atoms with Crippen LogP contribution in [0.1, 0.15) is 80.2 Å². The van der Waals surface area contributed by atoms with Gasteiger partial charge in [0.15, 0.2) is 5.96 Å². The maximum atomic E-state index is 13.8. The van der Waals surface area contributed by atoms with E-state index >= 15 is 0 Å². The van der Waals surface area contributed by atoms with E-state index in [9.17, 15) is 13.2 Å². The van der Waals surface area contributed by atoms with Crippen molar-refractivity contribution in [1.82, 2.24) is 10.2 Å². The van der Waals surface area contributed by atoms with Gasteiger partial charge >= 0.3 is 6.18 Å². The lowest BCUT2D eigenvalue weighted by atomic mass is 9.80. The standard InChI is InChI=1S/C34H41F3N4/c1-2-3-4-5-12-17-30-28-20-21-41(32(28)29-22-27(34(35,36)37)18-19-31(29)40-30)33(38-23-25-13-8-6-9-14-25)39-24-26-15-10-7-11-16-26/h6-11,13-16,18-19,22,28,30,32,40H,2-5,12,17,20-21,23-24H2,1H3,(H,38,39)/t28-,30+,32-/m0/s1. The summed E-state index contributed by atoms with van der Waals surface area (Å²) < 4.78 is 41.5. The van der Waals surface area contributed by atoms with E-state index in [1.807, 2.05) is 36.4 Å². The molecule has 1 fully saturated rings. The van der Waals surface area contributed by atoms with Crippen molar-refractivity contribution in [2.45, 2.75) is 83.2 Å². The molecule has 3 atom stereocenters. The molecule has 3 aromatic rings. The van der Waals surface area contributed by atoms with Crippen molar-refractivity contribution in [2.24, 2.45) is 10.9 Å². The van der Waals surface area contributed by atoms with Crippen molar-refractivity contribution < 1.29 is 13.2 Å². The van der Waals surface area contributed by atoms with Crippen molar-refractivity contribution in [1.29, 1.82) is 0 Å². The number of anilines is 1. The first kappa shape index (κ1) is 29.0. The van der Waals surface area contributed by atoms with Crippen molar-refractivity contribution in [3.05, 3.63) is 101 Å². The fraction of sp³-hybridized carbons (Fsp3) is 0.441. The van der Waals surface area contributed by atoms with Gasteiger partial charge in [0.05, 0.1) is 18.2 Å². The third-order valence-electron chi connectivity index (χ3n) is 8.44. The summed E-state index contributed by atoms with van der Waals surface area (Å²) in [6, 6.07) is 24.5. The van der Waals surface area contributed by atoms with Crippen LogP contribution in [0.15, 0.2) is 83.9 Å². The largest absolute Gasteiger partial charge is 0.416 e. The van der Waals surface area contributed by atoms with E-state index in [4.69, 9.17) is 4.99 Å². The first-order chi connectivity index (χ1) is 19.9. The SMILES string of the molecule is CCCCCCC[C@H]1Nc2ccc(C(F)(F)F)cc2[C@@H]2[C@H]1CCN2C(=NCc1ccccc1)NCc1ccccc1. The fourth-order valence-electron chi connectivity index (χ4n) is 6.32. The summed E-state index contributed by atoms with van der Waals surface area (Å²) in [4.78, 5) is 7.27. The smallest absolute Gasteiger partial charge is 0.382 e. The van der Waals surface area contributed by atoms with Crippen LogP contribution < -0.4 is 10.6 Å². The Morgan fingerprint density at radius 3 is 2.34 bits per heavy atom. The van der Waals surface area contributed by atoms with E-state index in [1.165, 1.54) is 37.8 Å². The summed E-state index contributed by atoms with van der Waals surface area (Å²) >= 11 is 0. The molecule has 1 saturated heterocycles. The van der Waals surface area contributed by atoms with E-state index in [-0.39, 0.29) is 18.0 Å². The minimum atomic E-state index is -4.39. The van der Waals surface area contributed by atoms with Gasteiger partial charge in [0.1, 0.15) is 0 Å². The Morgan fingerprint density at radius 1 is 0.927 bits per heavy atom. The zero-order valence-electron chi connectivity index (χ0n) is 23.8. The third kappa shape index (κ3) is 7.24. The van der Waals surface area contributed by atoms with Crippen LogP contribution in [-0.2, 0) is 19.3 Å². The second kappa shape index (κ2) is 13.5. The van der Waals surface area contributed by atoms with E-state index in [0.29, 0.717) is 13.1 Å². The molecule has 3 aromatic carbocycles. The van der Waals surface area contributed by atoms with Gasteiger partial charge in [0.25, 0.3) is 0 Å². The Hall–Kier alpha value is -3.48. The van der Waals surface area contributed by atoms with E-state index in [1.54, 1.807) is 6.07 Å². The second-order valence-corrected chi connectivity index (χ2v) is 11.3. The molecule has 4 nitrogen and oxygen atoms in total. The van der Waals surface area contributed by atoms with Crippen LogP contribution in [0.3, 0.4) is 0 Å². The zero-order chi connectivity index (χ0) is 28.7. The number of rotatable bonds is 10. The first-order valence-electron chi connectivity index (χ1n) is 15.0. The molecule has 7 heteroatoms. The van der Waals surface area contributed by atoms with Crippen LogP contribution in [0, 0.1) is 5.92 Å². The molecular weight excluding hydrogens is 521 g/mol. The van der Waals surface area contributed by atoms with Crippen molar-refractivity contribution in [3.8, 4) is 0 Å². The third-order valence-corrected chi connectivity index (χ3v) is 8.44. The van der Waals surface area contributed by atoms with Gasteiger partial charge in [-0.1, -0.05) is 99.7 Å². The summed E-state index contributed by atoms with van der Waals surface area (Å²) in [6.45, 7) is 4.06. The maximum absolute atomic E-state index is 13.8. The molecule has 41 heavy (non-hydrogen) atoms. The number of unbranched alkanes of at least 4 members (excludes halogenated alkanes) is 4. The summed E-state index contributed by atoms with van der Waals surface area (Å²) in [5.74, 6) is 0.953. The van der Waals surface area contributed by atoms with Crippen LogP contribution in [-0.4, -0.2) is 23.4 Å². The Labute approximate surface area is 242 Å². The Bertz CT molecular complexity index is 1280. The first-order valence-corrected chi connectivity index (χ1v) is 15.0. The Balaban J connectivity index is 1.46. The monoisotopic (exact) mass is 562 g/mol. The molecule has 0 saturated carbocycles. The molecule has 0 radical (unpaired) electrons. The summed E-state index contributed by atoms with van der Waals surface area (Å²) in [5.41, 5.74) is 3.17. The quantitative estimate of drug-likeness (QED) is 0.148. The van der Waals surface area contributed by atoms with Crippen LogP contribution in [0.5, 0.6) is 0 Å². The minimum Gasteiger partial charge on any atom is -0.382 e. The predicted octanol–water partition coefficient (Wildman–Crippen LogP) is 8.57. The van der Waals surface area contributed by atoms with Gasteiger partial charge in [0, 0.05) is 30.7 Å². The molecule has 0 spiro atoms. The molecule has 0 aliphatic carbocycles. The van der Waals surface area contributed by atoms with Gasteiger partial charge in [-0.2, -0.15) is 13.2 Å². The van der Waals surface area contributed by atoms with Crippen LogP contribution in [0.2, 0.25) is 0 Å². The highest BCUT2D eigenvalue weighted by Gasteiger charge is 2.46. The number of benzene rings is 3. The minimum absolute atomic E-state index is 0.174. The van der Waals surface area contributed by atoms with Gasteiger partial charge in [-0.25, -0.2) is 4.99 Å². The summed E-state index contributed by atoms with van der Waals surface area (Å²) in [6.07, 6.45) is 3.53. The molecule has 5 rings (SSSR count). The van der Waals surface area contributed by atoms with Crippen molar-refractivity contribution in [2.75, 3.05) is 11.9 Å². The van der Waals surface area contributed by atoms with Gasteiger partial charge in [-0.15, -0.1) is 0 Å². The highest BCUT2D eigenvalue weighted by Crippen LogP contribution is 2.48. The zero-order valence-corrected chi connectivity index (χ0v) is 23.8. The average Bonchev–Trinajstić information content (AvgIpc) is 3.43. The average molecular weight is 563 g/mol. The molecule has 0 unspecified atom stereocenters. The van der Waals surface area contributed by atoms with Crippen molar-refractivity contribution >= 4 is 11.6 Å². The lowest BCUT2D eigenvalue weighted by Crippen LogP contribution is -2.45. The van der Waals surface area contributed by atoms with Crippen LogP contribution in [0.4, 0.5) is 18.9 Å². The topological polar surface area (TPSA) is 39.7 Å². The number of likely N-dealkylation sites (tertiary alicyclic amines) is 1. The second-order valence-electron chi connectivity index (χ2n) is 11.3. The molecule has 2 heterocycles. The number of alkyl halides is 3. The number of hydrogen-bond acceptors (Lipinski definition) is 2. The number of hydrogen-bond donors (Lipinski definition) is 2. The maximum Gasteiger partial charge on any atom is 0.416 e. The number of halogens is 3. The van der Waals surface area contributed by atoms with Crippen LogP contribution in [0.25, 0.3) is 0 Å². The fourth-order valence-corrected chi connectivity index (χ4v) is 6.32. The molecule has 2 aliphatic rings. The molecule has 2 aliphatic heterocycles. The van der Waals surface area contributed by atoms with Gasteiger partial charge < -0.3 is 15.5 Å². The van der Waals surface area contributed by atoms with Crippen LogP contribution >= 0.6 is 0 Å². The lowest BCUT2D eigenvalue weighted by molar-refractivity contribution is -0.137. The molecule has 0 amide bonds. The molecule has 218 valence electrons. The number of nitrogens with zero attached hydrogens (tertiary/aromatic N) is 2. The van der Waals surface area contributed by atoms with Gasteiger partial charge in [-0.05, 0) is 47.7 Å². The molecular formula is C34H41F3N4. The highest BCUT2D eigenvalue weighted by atomic mass is 19.4. The molecule has 0 bridgehead atoms. The van der Waals surface area contributed by atoms with Gasteiger partial charge in [-0.3, -0.25) is 0 Å². The highest BCUT2D eigenvalue weighted by molar-refractivity contribution is 5.81. The Morgan fingerprint density at radius 2 is 1.63 bits per heavy atom. The predicted molar refractivity (Wildman–Crippen MR) is 161 cm³/mol. The molecule has 2 N–H and O–H groups in total. The lowest BCUT2D eigenvalue weighted by Gasteiger charge is -2.41. The van der Waals surface area contributed by atoms with E-state index < -0.39 is 11.7 Å². The van der Waals surface area contributed by atoms with E-state index in [2.05, 4.69) is 46.7 Å². The number of guanidine groups is 1. The Kier molecular flexibility index (Phi) is 9.53. The number of nitrogens with one attached hydrogen (secondary N) is 2. The summed E-state index contributed by atoms with van der Waals surface area (Å²) in [5, 5.41) is 7.23. The van der Waals surface area contributed by atoms with Gasteiger partial charge in [0.2, 0.25) is 0 Å². The van der Waals surface area contributed by atoms with E-state index in [0.717, 1.165) is 54.1 Å². The van der Waals surface area contributed by atoms with Crippen molar-refractivity contribution in [3.63, 3.8) is 0 Å². The number of aliphatic imine (C=N–C) groups is 1. The number of fused-ring (bicyclic) bond motifs is 3.